The molecule has 0 aromatic heterocycles. The van der Waals surface area contributed by atoms with Gasteiger partial charge in [-0.05, 0) is 12.8 Å². The highest BCUT2D eigenvalue weighted by molar-refractivity contribution is 5.88. The third kappa shape index (κ3) is 4.75. The van der Waals surface area contributed by atoms with E-state index in [-0.39, 0.29) is 12.0 Å². The zero-order valence-electron chi connectivity index (χ0n) is 7.76. The highest BCUT2D eigenvalue weighted by atomic mass is 16.5. The molecule has 0 bridgehead atoms. The molecule has 0 aliphatic rings. The van der Waals surface area contributed by atoms with Gasteiger partial charge in [0, 0.05) is 5.92 Å². The van der Waals surface area contributed by atoms with Gasteiger partial charge in [-0.1, -0.05) is 19.8 Å². The fraction of sp³-hybridized carbons (Fsp3) is 0.667. The van der Waals surface area contributed by atoms with E-state index in [2.05, 4.69) is 16.6 Å². The van der Waals surface area contributed by atoms with Gasteiger partial charge in [0.1, 0.15) is 0 Å². The van der Waals surface area contributed by atoms with Gasteiger partial charge in [-0.3, -0.25) is 0 Å². The van der Waals surface area contributed by atoms with E-state index < -0.39 is 5.97 Å². The molecule has 0 saturated heterocycles. The zero-order chi connectivity index (χ0) is 9.56. The van der Waals surface area contributed by atoms with Gasteiger partial charge in [-0.25, -0.2) is 4.79 Å². The summed E-state index contributed by atoms with van der Waals surface area (Å²) in [6.45, 7) is 5.99. The Balaban J connectivity index is 3.93. The first kappa shape index (κ1) is 11.0. The van der Waals surface area contributed by atoms with Crippen molar-refractivity contribution in [1.29, 1.82) is 0 Å². The summed E-state index contributed by atoms with van der Waals surface area (Å²) in [5.74, 6) is 4.70. The van der Waals surface area contributed by atoms with Crippen molar-refractivity contribution >= 4 is 5.97 Å². The minimum atomic E-state index is -0.506. The molecule has 0 aliphatic heterocycles. The van der Waals surface area contributed by atoms with Crippen LogP contribution in [0.4, 0.5) is 0 Å². The van der Waals surface area contributed by atoms with Gasteiger partial charge in [0.15, 0.2) is 0 Å². The Morgan fingerprint density at radius 1 is 1.58 bits per heavy atom. The summed E-state index contributed by atoms with van der Waals surface area (Å²) < 4.78 is 4.60. The minimum Gasteiger partial charge on any atom is -0.456 e. The van der Waals surface area contributed by atoms with Gasteiger partial charge in [0.25, 0.3) is 0 Å². The van der Waals surface area contributed by atoms with Crippen LogP contribution >= 0.6 is 0 Å². The molecule has 0 heterocycles. The number of rotatable bonds is 2. The summed E-state index contributed by atoms with van der Waals surface area (Å²) in [7, 11) is 0. The highest BCUT2D eigenvalue weighted by Gasteiger charge is 2.02. The van der Waals surface area contributed by atoms with E-state index in [1.807, 2.05) is 13.8 Å². The van der Waals surface area contributed by atoms with Crippen LogP contribution in [0.15, 0.2) is 0 Å². The molecule has 0 aliphatic carbocycles. The number of hydrogen-bond acceptors (Lipinski definition) is 3. The molecule has 12 heavy (non-hydrogen) atoms. The summed E-state index contributed by atoms with van der Waals surface area (Å²) >= 11 is 0. The summed E-state index contributed by atoms with van der Waals surface area (Å²) in [4.78, 5) is 10.7. The van der Waals surface area contributed by atoms with Crippen LogP contribution in [0, 0.1) is 17.8 Å². The Bertz CT molecular complexity index is 200. The summed E-state index contributed by atoms with van der Waals surface area (Å²) in [6.07, 6.45) is 0. The van der Waals surface area contributed by atoms with Gasteiger partial charge in [-0.15, -0.1) is 0 Å². The molecule has 68 valence electrons. The van der Waals surface area contributed by atoms with Gasteiger partial charge in [-0.2, -0.15) is 0 Å². The van der Waals surface area contributed by atoms with Crippen LogP contribution < -0.4 is 5.73 Å². The van der Waals surface area contributed by atoms with E-state index in [1.54, 1.807) is 6.92 Å². The second-order valence-electron chi connectivity index (χ2n) is 2.76. The SMILES string of the molecule is CCOC(=O)C#CC(N)C(C)C. The van der Waals surface area contributed by atoms with Crippen molar-refractivity contribution in [2.45, 2.75) is 26.8 Å². The van der Waals surface area contributed by atoms with Crippen LogP contribution in [0.5, 0.6) is 0 Å². The van der Waals surface area contributed by atoms with Gasteiger partial charge < -0.3 is 10.5 Å². The third-order valence-corrected chi connectivity index (χ3v) is 1.33. The fourth-order valence-corrected chi connectivity index (χ4v) is 0.476. The van der Waals surface area contributed by atoms with Crippen LogP contribution in [0.1, 0.15) is 20.8 Å². The van der Waals surface area contributed by atoms with Crippen molar-refractivity contribution in [2.75, 3.05) is 6.61 Å². The lowest BCUT2D eigenvalue weighted by Gasteiger charge is -2.06. The van der Waals surface area contributed by atoms with E-state index in [1.165, 1.54) is 0 Å². The van der Waals surface area contributed by atoms with Crippen molar-refractivity contribution in [1.82, 2.24) is 0 Å². The van der Waals surface area contributed by atoms with Crippen molar-refractivity contribution in [3.63, 3.8) is 0 Å². The third-order valence-electron chi connectivity index (χ3n) is 1.33. The predicted molar refractivity (Wildman–Crippen MR) is 47.2 cm³/mol. The van der Waals surface area contributed by atoms with E-state index in [0.29, 0.717) is 6.61 Å². The highest BCUT2D eigenvalue weighted by Crippen LogP contribution is 1.95. The summed E-state index contributed by atoms with van der Waals surface area (Å²) in [6, 6.07) is -0.255. The first-order chi connectivity index (χ1) is 5.57. The standard InChI is InChI=1S/C9H15NO2/c1-4-12-9(11)6-5-8(10)7(2)3/h7-8H,4,10H2,1-3H3. The average molecular weight is 169 g/mol. The minimum absolute atomic E-state index is 0.255. The Morgan fingerprint density at radius 3 is 2.58 bits per heavy atom. The number of nitrogens with two attached hydrogens (primary N) is 1. The molecule has 0 rings (SSSR count). The Hall–Kier alpha value is -1.01. The molecule has 0 fully saturated rings. The zero-order valence-corrected chi connectivity index (χ0v) is 7.76. The molecule has 0 radical (unpaired) electrons. The summed E-state index contributed by atoms with van der Waals surface area (Å²) in [5.41, 5.74) is 5.58. The van der Waals surface area contributed by atoms with Crippen LogP contribution in [-0.4, -0.2) is 18.6 Å². The fourth-order valence-electron chi connectivity index (χ4n) is 0.476. The number of carbonyl (C=O) groups excluding carboxylic acids is 1. The lowest BCUT2D eigenvalue weighted by Crippen LogP contribution is -2.24. The Kier molecular flexibility index (Phi) is 5.14. The van der Waals surface area contributed by atoms with Crippen molar-refractivity contribution in [3.05, 3.63) is 0 Å². The quantitative estimate of drug-likeness (QED) is 0.373. The number of ether oxygens (including phenoxy) is 1. The summed E-state index contributed by atoms with van der Waals surface area (Å²) in [5, 5.41) is 0. The van der Waals surface area contributed by atoms with E-state index >= 15 is 0 Å². The van der Waals surface area contributed by atoms with E-state index in [9.17, 15) is 4.79 Å². The second kappa shape index (κ2) is 5.62. The van der Waals surface area contributed by atoms with Gasteiger partial charge in [0.05, 0.1) is 12.6 Å². The van der Waals surface area contributed by atoms with E-state index in [4.69, 9.17) is 5.73 Å². The van der Waals surface area contributed by atoms with Crippen molar-refractivity contribution < 1.29 is 9.53 Å². The van der Waals surface area contributed by atoms with Gasteiger partial charge >= 0.3 is 5.97 Å². The topological polar surface area (TPSA) is 52.3 Å². The lowest BCUT2D eigenvalue weighted by atomic mass is 10.1. The first-order valence-electron chi connectivity index (χ1n) is 4.01. The van der Waals surface area contributed by atoms with Gasteiger partial charge in [0.2, 0.25) is 0 Å². The predicted octanol–water partition coefficient (Wildman–Crippen LogP) is 0.536. The molecular formula is C9H15NO2. The normalized spacial score (nSPS) is 11.8. The molecule has 0 aromatic rings. The van der Waals surface area contributed by atoms with Crippen LogP contribution in [0.2, 0.25) is 0 Å². The number of carbonyl (C=O) groups is 1. The maximum absolute atomic E-state index is 10.7. The van der Waals surface area contributed by atoms with Crippen molar-refractivity contribution in [2.24, 2.45) is 11.7 Å². The first-order valence-corrected chi connectivity index (χ1v) is 4.01. The molecule has 0 amide bonds. The monoisotopic (exact) mass is 169 g/mol. The maximum Gasteiger partial charge on any atom is 0.384 e. The average Bonchev–Trinajstić information content (AvgIpc) is 2.00. The molecule has 0 aromatic carbocycles. The molecule has 2 N–H and O–H groups in total. The van der Waals surface area contributed by atoms with Crippen molar-refractivity contribution in [3.8, 4) is 11.8 Å². The molecule has 1 unspecified atom stereocenters. The second-order valence-corrected chi connectivity index (χ2v) is 2.76. The number of hydrogen-bond donors (Lipinski definition) is 1. The maximum atomic E-state index is 10.7. The molecular weight excluding hydrogens is 154 g/mol. The lowest BCUT2D eigenvalue weighted by molar-refractivity contribution is -0.136. The largest absolute Gasteiger partial charge is 0.456 e. The molecule has 1 atom stereocenters. The Morgan fingerprint density at radius 2 is 2.17 bits per heavy atom. The smallest absolute Gasteiger partial charge is 0.384 e. The molecule has 0 spiro atoms. The number of esters is 1. The van der Waals surface area contributed by atoms with Crippen LogP contribution in [-0.2, 0) is 9.53 Å². The van der Waals surface area contributed by atoms with Crippen LogP contribution in [0.3, 0.4) is 0 Å². The molecule has 0 saturated carbocycles. The Labute approximate surface area is 73.3 Å². The molecule has 3 heteroatoms. The molecule has 3 nitrogen and oxygen atoms in total. The van der Waals surface area contributed by atoms with E-state index in [0.717, 1.165) is 0 Å². The van der Waals surface area contributed by atoms with Crippen LogP contribution in [0.25, 0.3) is 0 Å².